The van der Waals surface area contributed by atoms with E-state index in [0.717, 1.165) is 44.1 Å². The summed E-state index contributed by atoms with van der Waals surface area (Å²) < 4.78 is 17.8. The summed E-state index contributed by atoms with van der Waals surface area (Å²) in [4.78, 5) is 11.1. The lowest BCUT2D eigenvalue weighted by molar-refractivity contribution is -0.143. The minimum absolute atomic E-state index is 0.0875. The molecule has 1 rings (SSSR count). The molecule has 116 valence electrons. The Hall–Kier alpha value is -1.64. The highest BCUT2D eigenvalue weighted by Crippen LogP contribution is 2.10. The molecular weight excluding hydrogens is 267 g/mol. The van der Waals surface area contributed by atoms with Gasteiger partial charge in [-0.25, -0.2) is 4.39 Å². The second kappa shape index (κ2) is 11.1. The molecule has 1 aromatic rings. The molecule has 21 heavy (non-hydrogen) atoms. The van der Waals surface area contributed by atoms with Crippen LogP contribution in [-0.4, -0.2) is 12.6 Å². The Morgan fingerprint density at radius 1 is 1.19 bits per heavy atom. The Balaban J connectivity index is 1.98. The first kappa shape index (κ1) is 17.4. The SMILES string of the molecule is CCOC(=O)CCCCCCCC=Cc1cccc(F)c1. The number of unbranched alkanes of at least 4 members (excludes halogenated alkanes) is 5. The van der Waals surface area contributed by atoms with Gasteiger partial charge in [-0.05, 0) is 43.9 Å². The Morgan fingerprint density at radius 3 is 2.71 bits per heavy atom. The Kier molecular flexibility index (Phi) is 9.18. The van der Waals surface area contributed by atoms with Crippen molar-refractivity contribution in [1.82, 2.24) is 0 Å². The van der Waals surface area contributed by atoms with E-state index in [1.54, 1.807) is 6.07 Å². The molecule has 0 aromatic heterocycles. The third-order valence-corrected chi connectivity index (χ3v) is 3.22. The minimum atomic E-state index is -0.196. The number of rotatable bonds is 10. The van der Waals surface area contributed by atoms with Crippen molar-refractivity contribution in [3.8, 4) is 0 Å². The van der Waals surface area contributed by atoms with Gasteiger partial charge in [-0.2, -0.15) is 0 Å². The summed E-state index contributed by atoms with van der Waals surface area (Å²) in [5.74, 6) is -0.283. The Bertz CT molecular complexity index is 441. The van der Waals surface area contributed by atoms with Gasteiger partial charge in [0.05, 0.1) is 6.61 Å². The van der Waals surface area contributed by atoms with E-state index < -0.39 is 0 Å². The Labute approximate surface area is 127 Å². The molecule has 0 aliphatic rings. The lowest BCUT2D eigenvalue weighted by Crippen LogP contribution is -2.03. The van der Waals surface area contributed by atoms with Crippen LogP contribution in [-0.2, 0) is 9.53 Å². The lowest BCUT2D eigenvalue weighted by atomic mass is 10.1. The van der Waals surface area contributed by atoms with Gasteiger partial charge >= 0.3 is 5.97 Å². The van der Waals surface area contributed by atoms with E-state index in [4.69, 9.17) is 4.74 Å². The van der Waals surface area contributed by atoms with Gasteiger partial charge in [-0.15, -0.1) is 0 Å². The van der Waals surface area contributed by atoms with E-state index in [-0.39, 0.29) is 11.8 Å². The van der Waals surface area contributed by atoms with E-state index in [0.29, 0.717) is 13.0 Å². The first-order chi connectivity index (χ1) is 10.2. The molecule has 0 heterocycles. The maximum atomic E-state index is 13.0. The summed E-state index contributed by atoms with van der Waals surface area (Å²) in [6.45, 7) is 2.30. The first-order valence-corrected chi connectivity index (χ1v) is 7.80. The highest BCUT2D eigenvalue weighted by molar-refractivity contribution is 5.69. The van der Waals surface area contributed by atoms with E-state index >= 15 is 0 Å². The molecule has 0 N–H and O–H groups in total. The summed E-state index contributed by atoms with van der Waals surface area (Å²) in [6.07, 6.45) is 11.0. The van der Waals surface area contributed by atoms with Crippen LogP contribution in [0.2, 0.25) is 0 Å². The standard InChI is InChI=1S/C18H25FO2/c1-2-21-18(20)14-9-7-5-3-4-6-8-11-16-12-10-13-17(19)15-16/h8,10-13,15H,2-7,9,14H2,1H3. The average Bonchev–Trinajstić information content (AvgIpc) is 2.46. The molecule has 2 nitrogen and oxygen atoms in total. The van der Waals surface area contributed by atoms with Crippen LogP contribution in [0.1, 0.15) is 57.4 Å². The second-order valence-electron chi connectivity index (χ2n) is 5.07. The van der Waals surface area contributed by atoms with Gasteiger partial charge in [-0.3, -0.25) is 4.79 Å². The first-order valence-electron chi connectivity index (χ1n) is 7.80. The number of hydrogen-bond donors (Lipinski definition) is 0. The summed E-state index contributed by atoms with van der Waals surface area (Å²) >= 11 is 0. The largest absolute Gasteiger partial charge is 0.466 e. The molecule has 0 saturated carbocycles. The van der Waals surface area contributed by atoms with Crippen molar-refractivity contribution in [1.29, 1.82) is 0 Å². The van der Waals surface area contributed by atoms with Crippen molar-refractivity contribution in [3.05, 3.63) is 41.7 Å². The van der Waals surface area contributed by atoms with Crippen LogP contribution >= 0.6 is 0 Å². The van der Waals surface area contributed by atoms with Gasteiger partial charge in [-0.1, -0.05) is 43.5 Å². The normalized spacial score (nSPS) is 11.0. The monoisotopic (exact) mass is 292 g/mol. The zero-order chi connectivity index (χ0) is 15.3. The summed E-state index contributed by atoms with van der Waals surface area (Å²) in [5.41, 5.74) is 0.907. The molecule has 0 aliphatic heterocycles. The third-order valence-electron chi connectivity index (χ3n) is 3.22. The van der Waals surface area contributed by atoms with Crippen molar-refractivity contribution < 1.29 is 13.9 Å². The van der Waals surface area contributed by atoms with E-state index in [1.165, 1.54) is 12.1 Å². The Morgan fingerprint density at radius 2 is 1.95 bits per heavy atom. The van der Waals surface area contributed by atoms with Crippen LogP contribution in [0, 0.1) is 5.82 Å². The van der Waals surface area contributed by atoms with Crippen molar-refractivity contribution in [2.45, 2.75) is 51.9 Å². The minimum Gasteiger partial charge on any atom is -0.466 e. The highest BCUT2D eigenvalue weighted by atomic mass is 19.1. The molecule has 0 bridgehead atoms. The number of esters is 1. The molecule has 0 saturated heterocycles. The average molecular weight is 292 g/mol. The molecule has 1 aromatic carbocycles. The van der Waals surface area contributed by atoms with Gasteiger partial charge in [0.2, 0.25) is 0 Å². The van der Waals surface area contributed by atoms with E-state index in [2.05, 4.69) is 6.08 Å². The fourth-order valence-electron chi connectivity index (χ4n) is 2.12. The number of benzene rings is 1. The molecular formula is C18H25FO2. The van der Waals surface area contributed by atoms with Crippen LogP contribution in [0.3, 0.4) is 0 Å². The van der Waals surface area contributed by atoms with Crippen LogP contribution in [0.15, 0.2) is 30.3 Å². The molecule has 0 radical (unpaired) electrons. The van der Waals surface area contributed by atoms with Gasteiger partial charge in [0.25, 0.3) is 0 Å². The molecule has 0 amide bonds. The van der Waals surface area contributed by atoms with E-state index in [9.17, 15) is 9.18 Å². The number of allylic oxidation sites excluding steroid dienone is 1. The lowest BCUT2D eigenvalue weighted by Gasteiger charge is -2.01. The van der Waals surface area contributed by atoms with Gasteiger partial charge in [0, 0.05) is 6.42 Å². The van der Waals surface area contributed by atoms with Crippen molar-refractivity contribution in [2.24, 2.45) is 0 Å². The summed E-state index contributed by atoms with van der Waals surface area (Å²) in [7, 11) is 0. The van der Waals surface area contributed by atoms with Gasteiger partial charge in [0.1, 0.15) is 5.82 Å². The molecule has 0 unspecified atom stereocenters. The highest BCUT2D eigenvalue weighted by Gasteiger charge is 2.00. The molecule has 3 heteroatoms. The number of ether oxygens (including phenoxy) is 1. The molecule has 0 atom stereocenters. The zero-order valence-electron chi connectivity index (χ0n) is 12.8. The summed E-state index contributed by atoms with van der Waals surface area (Å²) in [6, 6.07) is 6.60. The van der Waals surface area contributed by atoms with E-state index in [1.807, 2.05) is 19.1 Å². The quantitative estimate of drug-likeness (QED) is 0.441. The predicted molar refractivity (Wildman–Crippen MR) is 84.4 cm³/mol. The third kappa shape index (κ3) is 9.01. The van der Waals surface area contributed by atoms with Crippen LogP contribution in [0.4, 0.5) is 4.39 Å². The van der Waals surface area contributed by atoms with Crippen LogP contribution in [0.25, 0.3) is 6.08 Å². The van der Waals surface area contributed by atoms with Crippen LogP contribution in [0.5, 0.6) is 0 Å². The fraction of sp³-hybridized carbons (Fsp3) is 0.500. The van der Waals surface area contributed by atoms with Crippen molar-refractivity contribution in [2.75, 3.05) is 6.61 Å². The molecule has 0 aliphatic carbocycles. The number of halogens is 1. The summed E-state index contributed by atoms with van der Waals surface area (Å²) in [5, 5.41) is 0. The van der Waals surface area contributed by atoms with Crippen LogP contribution < -0.4 is 0 Å². The fourth-order valence-corrected chi connectivity index (χ4v) is 2.12. The smallest absolute Gasteiger partial charge is 0.305 e. The maximum Gasteiger partial charge on any atom is 0.305 e. The number of hydrogen-bond acceptors (Lipinski definition) is 2. The van der Waals surface area contributed by atoms with Crippen molar-refractivity contribution >= 4 is 12.0 Å². The maximum absolute atomic E-state index is 13.0. The molecule has 0 spiro atoms. The van der Waals surface area contributed by atoms with Crippen molar-refractivity contribution in [3.63, 3.8) is 0 Å². The zero-order valence-corrected chi connectivity index (χ0v) is 12.8. The molecule has 0 fully saturated rings. The predicted octanol–water partition coefficient (Wildman–Crippen LogP) is 5.13. The number of carbonyl (C=O) groups excluding carboxylic acids is 1. The van der Waals surface area contributed by atoms with Gasteiger partial charge < -0.3 is 4.74 Å². The van der Waals surface area contributed by atoms with Gasteiger partial charge in [0.15, 0.2) is 0 Å². The topological polar surface area (TPSA) is 26.3 Å². The number of carbonyl (C=O) groups is 1. The second-order valence-corrected chi connectivity index (χ2v) is 5.07.